The van der Waals surface area contributed by atoms with Crippen LogP contribution in [0.5, 0.6) is 0 Å². The van der Waals surface area contributed by atoms with Gasteiger partial charge in [0, 0.05) is 30.8 Å². The van der Waals surface area contributed by atoms with Crippen molar-refractivity contribution < 1.29 is 9.21 Å². The maximum Gasteiger partial charge on any atom is 0.224 e. The van der Waals surface area contributed by atoms with E-state index in [-0.39, 0.29) is 11.3 Å². The highest BCUT2D eigenvalue weighted by Gasteiger charge is 2.22. The van der Waals surface area contributed by atoms with Gasteiger partial charge < -0.3 is 14.6 Å². The molecule has 0 radical (unpaired) electrons. The second-order valence-electron chi connectivity index (χ2n) is 8.13. The molecule has 2 aromatic rings. The maximum absolute atomic E-state index is 12.3. The van der Waals surface area contributed by atoms with Crippen molar-refractivity contribution >= 4 is 17.3 Å². The van der Waals surface area contributed by atoms with Gasteiger partial charge >= 0.3 is 0 Å². The van der Waals surface area contributed by atoms with Gasteiger partial charge in [0.25, 0.3) is 0 Å². The van der Waals surface area contributed by atoms with Gasteiger partial charge in [-0.25, -0.2) is 4.98 Å². The number of fused-ring (bicyclic) bond motifs is 1. The van der Waals surface area contributed by atoms with Gasteiger partial charge in [0.05, 0.1) is 12.2 Å². The molecule has 1 N–H and O–H groups in total. The molecule has 0 aliphatic carbocycles. The van der Waals surface area contributed by atoms with E-state index in [1.807, 2.05) is 27.7 Å². The molecule has 0 bridgehead atoms. The minimum absolute atomic E-state index is 0.0194. The minimum atomic E-state index is -0.0194. The van der Waals surface area contributed by atoms with E-state index in [0.717, 1.165) is 53.5 Å². The van der Waals surface area contributed by atoms with Crippen molar-refractivity contribution in [1.82, 2.24) is 4.98 Å². The quantitative estimate of drug-likeness (QED) is 0.800. The van der Waals surface area contributed by atoms with Crippen molar-refractivity contribution in [2.45, 2.75) is 67.9 Å². The number of carbonyl (C=O) groups is 1. The van der Waals surface area contributed by atoms with E-state index in [9.17, 15) is 4.79 Å². The molecule has 1 aromatic carbocycles. The Balaban J connectivity index is 0.00000126. The molecule has 1 amide bonds. The van der Waals surface area contributed by atoms with E-state index < -0.39 is 0 Å². The van der Waals surface area contributed by atoms with E-state index in [2.05, 4.69) is 48.1 Å². The third kappa shape index (κ3) is 5.34. The standard InChI is InChI=1S/C20H27N3O2.C2H6/c1-13-8-15(23-7-6-16-17(11-23)25-12-21-16)9-14(2)19(13)22-18(24)10-20(3,4)5;1-2/h8-9,12H,6-7,10-11H2,1-5H3,(H,22,24);1-2H3. The number of oxazole rings is 1. The summed E-state index contributed by atoms with van der Waals surface area (Å²) < 4.78 is 5.48. The average Bonchev–Trinajstić information content (AvgIpc) is 3.06. The van der Waals surface area contributed by atoms with Crippen molar-refractivity contribution in [3.63, 3.8) is 0 Å². The number of anilines is 2. The van der Waals surface area contributed by atoms with Crippen LogP contribution in [-0.4, -0.2) is 17.4 Å². The molecular formula is C22H33N3O2. The van der Waals surface area contributed by atoms with Gasteiger partial charge in [-0.1, -0.05) is 34.6 Å². The number of aromatic nitrogens is 1. The van der Waals surface area contributed by atoms with Gasteiger partial charge in [0.1, 0.15) is 5.76 Å². The zero-order valence-corrected chi connectivity index (χ0v) is 17.8. The van der Waals surface area contributed by atoms with Gasteiger partial charge in [0.15, 0.2) is 6.39 Å². The summed E-state index contributed by atoms with van der Waals surface area (Å²) in [5, 5.41) is 3.09. The normalized spacial score (nSPS) is 13.5. The van der Waals surface area contributed by atoms with Crippen LogP contribution >= 0.6 is 0 Å². The van der Waals surface area contributed by atoms with Crippen molar-refractivity contribution in [3.8, 4) is 0 Å². The molecule has 1 aliphatic heterocycles. The second-order valence-corrected chi connectivity index (χ2v) is 8.13. The highest BCUT2D eigenvalue weighted by molar-refractivity contribution is 5.93. The zero-order chi connectivity index (χ0) is 20.2. The fourth-order valence-corrected chi connectivity index (χ4v) is 3.33. The van der Waals surface area contributed by atoms with Crippen LogP contribution in [0.1, 0.15) is 63.6 Å². The molecule has 1 aromatic heterocycles. The number of nitrogens with zero attached hydrogens (tertiary/aromatic N) is 2. The first kappa shape index (κ1) is 21.0. The molecule has 0 fully saturated rings. The fourth-order valence-electron chi connectivity index (χ4n) is 3.33. The number of rotatable bonds is 3. The monoisotopic (exact) mass is 371 g/mol. The zero-order valence-electron chi connectivity index (χ0n) is 17.8. The number of nitrogens with one attached hydrogen (secondary N) is 1. The summed E-state index contributed by atoms with van der Waals surface area (Å²) in [4.78, 5) is 18.8. The van der Waals surface area contributed by atoms with Gasteiger partial charge in [-0.2, -0.15) is 0 Å². The number of benzene rings is 1. The van der Waals surface area contributed by atoms with Gasteiger partial charge in [-0.15, -0.1) is 0 Å². The largest absolute Gasteiger partial charge is 0.446 e. The SMILES string of the molecule is CC.Cc1cc(N2CCc3ncoc3C2)cc(C)c1NC(=O)CC(C)(C)C. The first-order chi connectivity index (χ1) is 12.7. The molecule has 0 saturated heterocycles. The van der Waals surface area contributed by atoms with Crippen molar-refractivity contribution in [1.29, 1.82) is 0 Å². The van der Waals surface area contributed by atoms with Crippen LogP contribution in [-0.2, 0) is 17.8 Å². The van der Waals surface area contributed by atoms with E-state index >= 15 is 0 Å². The van der Waals surface area contributed by atoms with Gasteiger partial charge in [-0.05, 0) is 42.5 Å². The number of aryl methyl sites for hydroxylation is 2. The van der Waals surface area contributed by atoms with Crippen LogP contribution in [0.2, 0.25) is 0 Å². The molecule has 148 valence electrons. The summed E-state index contributed by atoms with van der Waals surface area (Å²) in [6, 6.07) is 4.28. The molecule has 0 atom stereocenters. The van der Waals surface area contributed by atoms with Crippen LogP contribution in [0.3, 0.4) is 0 Å². The van der Waals surface area contributed by atoms with Gasteiger partial charge in [0.2, 0.25) is 5.91 Å². The summed E-state index contributed by atoms with van der Waals surface area (Å²) in [7, 11) is 0. The Kier molecular flexibility index (Phi) is 6.68. The summed E-state index contributed by atoms with van der Waals surface area (Å²) in [6.07, 6.45) is 2.93. The average molecular weight is 372 g/mol. The summed E-state index contributed by atoms with van der Waals surface area (Å²) in [5.41, 5.74) is 5.30. The number of hydrogen-bond donors (Lipinski definition) is 1. The molecule has 0 unspecified atom stereocenters. The van der Waals surface area contributed by atoms with Crippen LogP contribution < -0.4 is 10.2 Å². The molecular weight excluding hydrogens is 338 g/mol. The minimum Gasteiger partial charge on any atom is -0.446 e. The van der Waals surface area contributed by atoms with Crippen LogP contribution in [0.15, 0.2) is 22.9 Å². The van der Waals surface area contributed by atoms with Crippen molar-refractivity contribution in [2.75, 3.05) is 16.8 Å². The number of carbonyl (C=O) groups excluding carboxylic acids is 1. The summed E-state index contributed by atoms with van der Waals surface area (Å²) >= 11 is 0. The first-order valence-electron chi connectivity index (χ1n) is 9.80. The van der Waals surface area contributed by atoms with Crippen LogP contribution in [0.4, 0.5) is 11.4 Å². The molecule has 5 nitrogen and oxygen atoms in total. The third-order valence-corrected chi connectivity index (χ3v) is 4.52. The first-order valence-corrected chi connectivity index (χ1v) is 9.80. The lowest BCUT2D eigenvalue weighted by molar-refractivity contribution is -0.117. The van der Waals surface area contributed by atoms with E-state index in [1.54, 1.807) is 0 Å². The molecule has 0 spiro atoms. The Morgan fingerprint density at radius 2 is 1.85 bits per heavy atom. The highest BCUT2D eigenvalue weighted by atomic mass is 16.3. The topological polar surface area (TPSA) is 58.4 Å². The highest BCUT2D eigenvalue weighted by Crippen LogP contribution is 2.31. The Morgan fingerprint density at radius 3 is 2.44 bits per heavy atom. The smallest absolute Gasteiger partial charge is 0.224 e. The van der Waals surface area contributed by atoms with Crippen LogP contribution in [0.25, 0.3) is 0 Å². The lowest BCUT2D eigenvalue weighted by Gasteiger charge is -2.29. The predicted octanol–water partition coefficient (Wildman–Crippen LogP) is 5.26. The molecule has 3 rings (SSSR count). The van der Waals surface area contributed by atoms with Crippen molar-refractivity contribution in [3.05, 3.63) is 41.1 Å². The lowest BCUT2D eigenvalue weighted by atomic mass is 9.92. The van der Waals surface area contributed by atoms with Gasteiger partial charge in [-0.3, -0.25) is 4.79 Å². The molecule has 0 saturated carbocycles. The summed E-state index contributed by atoms with van der Waals surface area (Å²) in [6.45, 7) is 16.0. The Morgan fingerprint density at radius 1 is 1.22 bits per heavy atom. The molecule has 27 heavy (non-hydrogen) atoms. The predicted molar refractivity (Wildman–Crippen MR) is 111 cm³/mol. The second kappa shape index (κ2) is 8.59. The number of amides is 1. The van der Waals surface area contributed by atoms with E-state index in [0.29, 0.717) is 6.42 Å². The fraction of sp³-hybridized carbons (Fsp3) is 0.545. The van der Waals surface area contributed by atoms with E-state index in [1.165, 1.54) is 6.39 Å². The lowest BCUT2D eigenvalue weighted by Crippen LogP contribution is -2.30. The Bertz CT molecular complexity index is 764. The van der Waals surface area contributed by atoms with E-state index in [4.69, 9.17) is 4.42 Å². The number of hydrogen-bond acceptors (Lipinski definition) is 4. The molecule has 5 heteroatoms. The summed E-state index contributed by atoms with van der Waals surface area (Å²) in [5.74, 6) is 1.01. The van der Waals surface area contributed by atoms with Crippen molar-refractivity contribution in [2.24, 2.45) is 5.41 Å². The Hall–Kier alpha value is -2.30. The Labute approximate surface area is 163 Å². The third-order valence-electron chi connectivity index (χ3n) is 4.52. The van der Waals surface area contributed by atoms with Crippen LogP contribution in [0, 0.1) is 19.3 Å². The molecule has 1 aliphatic rings. The maximum atomic E-state index is 12.3. The molecule has 2 heterocycles.